The van der Waals surface area contributed by atoms with Crippen LogP contribution in [0.2, 0.25) is 0 Å². The molecule has 0 heterocycles. The summed E-state index contributed by atoms with van der Waals surface area (Å²) in [5.74, 6) is 0.0238. The highest BCUT2D eigenvalue weighted by Gasteiger charge is 2.27. The molecule has 1 atom stereocenters. The second-order valence-corrected chi connectivity index (χ2v) is 4.72. The van der Waals surface area contributed by atoms with E-state index in [1.54, 1.807) is 7.05 Å². The fraction of sp³-hybridized carbons (Fsp3) is 0.500. The molecule has 2 N–H and O–H groups in total. The Morgan fingerprint density at radius 2 is 1.88 bits per heavy atom. The van der Waals surface area contributed by atoms with Crippen LogP contribution in [0.5, 0.6) is 0 Å². The van der Waals surface area contributed by atoms with Crippen LogP contribution in [-0.4, -0.2) is 18.5 Å². The van der Waals surface area contributed by atoms with Gasteiger partial charge in [0.2, 0.25) is 5.91 Å². The maximum absolute atomic E-state index is 12.1. The SMILES string of the molecule is CCC(NC(=O)C(C)(C)NC)c1ccccc1. The Bertz CT molecular complexity index is 360. The third-order valence-corrected chi connectivity index (χ3v) is 3.11. The predicted molar refractivity (Wildman–Crippen MR) is 70.8 cm³/mol. The van der Waals surface area contributed by atoms with E-state index in [1.165, 1.54) is 0 Å². The van der Waals surface area contributed by atoms with Crippen LogP contribution < -0.4 is 10.6 Å². The average Bonchev–Trinajstić information content (AvgIpc) is 2.36. The molecule has 0 saturated carbocycles. The van der Waals surface area contributed by atoms with E-state index in [0.29, 0.717) is 0 Å². The molecule has 0 aromatic heterocycles. The topological polar surface area (TPSA) is 41.1 Å². The standard InChI is InChI=1S/C14H22N2O/c1-5-12(11-9-7-6-8-10-11)16-13(17)14(2,3)15-4/h6-10,12,15H,5H2,1-4H3,(H,16,17). The minimum atomic E-state index is -0.539. The van der Waals surface area contributed by atoms with Gasteiger partial charge in [-0.1, -0.05) is 37.3 Å². The van der Waals surface area contributed by atoms with Gasteiger partial charge in [-0.2, -0.15) is 0 Å². The fourth-order valence-electron chi connectivity index (χ4n) is 1.56. The van der Waals surface area contributed by atoms with E-state index < -0.39 is 5.54 Å². The molecule has 17 heavy (non-hydrogen) atoms. The largest absolute Gasteiger partial charge is 0.348 e. The quantitative estimate of drug-likeness (QED) is 0.820. The Balaban J connectivity index is 2.75. The molecule has 94 valence electrons. The summed E-state index contributed by atoms with van der Waals surface area (Å²) in [6, 6.07) is 10.1. The van der Waals surface area contributed by atoms with Gasteiger partial charge in [0, 0.05) is 0 Å². The monoisotopic (exact) mass is 234 g/mol. The first-order chi connectivity index (χ1) is 8.01. The first-order valence-corrected chi connectivity index (χ1v) is 6.06. The van der Waals surface area contributed by atoms with Crippen molar-refractivity contribution < 1.29 is 4.79 Å². The number of rotatable bonds is 5. The number of hydrogen-bond donors (Lipinski definition) is 2. The highest BCUT2D eigenvalue weighted by atomic mass is 16.2. The Morgan fingerprint density at radius 3 is 2.35 bits per heavy atom. The first-order valence-electron chi connectivity index (χ1n) is 6.06. The third-order valence-electron chi connectivity index (χ3n) is 3.11. The lowest BCUT2D eigenvalue weighted by Gasteiger charge is -2.26. The van der Waals surface area contributed by atoms with Crippen molar-refractivity contribution in [2.75, 3.05) is 7.05 Å². The fourth-order valence-corrected chi connectivity index (χ4v) is 1.56. The molecule has 0 spiro atoms. The molecule has 0 aliphatic carbocycles. The Hall–Kier alpha value is -1.35. The number of amides is 1. The number of likely N-dealkylation sites (N-methyl/N-ethyl adjacent to an activating group) is 1. The van der Waals surface area contributed by atoms with Gasteiger partial charge < -0.3 is 10.6 Å². The molecule has 0 bridgehead atoms. The Kier molecular flexibility index (Phi) is 4.70. The molecular weight excluding hydrogens is 212 g/mol. The zero-order chi connectivity index (χ0) is 12.9. The van der Waals surface area contributed by atoms with E-state index in [2.05, 4.69) is 17.6 Å². The molecule has 1 amide bonds. The number of hydrogen-bond acceptors (Lipinski definition) is 2. The van der Waals surface area contributed by atoms with Gasteiger partial charge in [-0.3, -0.25) is 4.79 Å². The maximum Gasteiger partial charge on any atom is 0.240 e. The van der Waals surface area contributed by atoms with E-state index >= 15 is 0 Å². The summed E-state index contributed by atoms with van der Waals surface area (Å²) in [7, 11) is 1.79. The molecule has 0 saturated heterocycles. The van der Waals surface area contributed by atoms with Crippen molar-refractivity contribution in [3.63, 3.8) is 0 Å². The van der Waals surface area contributed by atoms with Crippen molar-refractivity contribution in [1.82, 2.24) is 10.6 Å². The summed E-state index contributed by atoms with van der Waals surface area (Å²) in [6.45, 7) is 5.82. The summed E-state index contributed by atoms with van der Waals surface area (Å²) in [5, 5.41) is 6.08. The van der Waals surface area contributed by atoms with Crippen LogP contribution in [0.4, 0.5) is 0 Å². The molecule has 0 radical (unpaired) electrons. The summed E-state index contributed by atoms with van der Waals surface area (Å²) in [4.78, 5) is 12.1. The van der Waals surface area contributed by atoms with Crippen LogP contribution in [0.3, 0.4) is 0 Å². The first kappa shape index (κ1) is 13.7. The summed E-state index contributed by atoms with van der Waals surface area (Å²) < 4.78 is 0. The highest BCUT2D eigenvalue weighted by molar-refractivity contribution is 5.85. The lowest BCUT2D eigenvalue weighted by Crippen LogP contribution is -2.51. The van der Waals surface area contributed by atoms with Crippen LogP contribution in [-0.2, 0) is 4.79 Å². The second kappa shape index (κ2) is 5.82. The van der Waals surface area contributed by atoms with E-state index in [9.17, 15) is 4.79 Å². The van der Waals surface area contributed by atoms with Crippen molar-refractivity contribution in [2.45, 2.75) is 38.8 Å². The molecule has 1 aromatic rings. The van der Waals surface area contributed by atoms with Gasteiger partial charge in [-0.05, 0) is 32.9 Å². The van der Waals surface area contributed by atoms with E-state index in [0.717, 1.165) is 12.0 Å². The van der Waals surface area contributed by atoms with Crippen molar-refractivity contribution in [1.29, 1.82) is 0 Å². The second-order valence-electron chi connectivity index (χ2n) is 4.72. The zero-order valence-corrected chi connectivity index (χ0v) is 11.1. The van der Waals surface area contributed by atoms with Crippen LogP contribution in [0.25, 0.3) is 0 Å². The van der Waals surface area contributed by atoms with Gasteiger partial charge >= 0.3 is 0 Å². The van der Waals surface area contributed by atoms with E-state index in [4.69, 9.17) is 0 Å². The van der Waals surface area contributed by atoms with E-state index in [-0.39, 0.29) is 11.9 Å². The zero-order valence-electron chi connectivity index (χ0n) is 11.1. The van der Waals surface area contributed by atoms with Gasteiger partial charge in [0.1, 0.15) is 0 Å². The van der Waals surface area contributed by atoms with Crippen LogP contribution in [0.15, 0.2) is 30.3 Å². The highest BCUT2D eigenvalue weighted by Crippen LogP contribution is 2.17. The average molecular weight is 234 g/mol. The summed E-state index contributed by atoms with van der Waals surface area (Å²) in [6.07, 6.45) is 0.884. The molecule has 3 heteroatoms. The van der Waals surface area contributed by atoms with E-state index in [1.807, 2.05) is 44.2 Å². The van der Waals surface area contributed by atoms with Gasteiger partial charge in [0.05, 0.1) is 11.6 Å². The number of nitrogens with one attached hydrogen (secondary N) is 2. The van der Waals surface area contributed by atoms with Crippen molar-refractivity contribution in [3.8, 4) is 0 Å². The molecule has 0 fully saturated rings. The van der Waals surface area contributed by atoms with Crippen LogP contribution in [0, 0.1) is 0 Å². The lowest BCUT2D eigenvalue weighted by molar-refractivity contribution is -0.127. The molecular formula is C14H22N2O. The Morgan fingerprint density at radius 1 is 1.29 bits per heavy atom. The van der Waals surface area contributed by atoms with Gasteiger partial charge in [-0.25, -0.2) is 0 Å². The summed E-state index contributed by atoms with van der Waals surface area (Å²) >= 11 is 0. The minimum absolute atomic E-state index is 0.0238. The van der Waals surface area contributed by atoms with Crippen molar-refractivity contribution in [3.05, 3.63) is 35.9 Å². The van der Waals surface area contributed by atoms with Crippen molar-refractivity contribution in [2.24, 2.45) is 0 Å². The van der Waals surface area contributed by atoms with Gasteiger partial charge in [0.25, 0.3) is 0 Å². The number of benzene rings is 1. The number of carbonyl (C=O) groups excluding carboxylic acids is 1. The molecule has 1 unspecified atom stereocenters. The van der Waals surface area contributed by atoms with Crippen LogP contribution in [0.1, 0.15) is 38.8 Å². The maximum atomic E-state index is 12.1. The lowest BCUT2D eigenvalue weighted by atomic mass is 10.0. The third kappa shape index (κ3) is 3.56. The molecule has 1 rings (SSSR count). The molecule has 3 nitrogen and oxygen atoms in total. The summed E-state index contributed by atoms with van der Waals surface area (Å²) in [5.41, 5.74) is 0.609. The minimum Gasteiger partial charge on any atom is -0.348 e. The normalized spacial score (nSPS) is 13.2. The molecule has 1 aromatic carbocycles. The molecule has 0 aliphatic heterocycles. The predicted octanol–water partition coefficient (Wildman–Crippen LogP) is 2.25. The smallest absolute Gasteiger partial charge is 0.240 e. The van der Waals surface area contributed by atoms with Gasteiger partial charge in [-0.15, -0.1) is 0 Å². The van der Waals surface area contributed by atoms with Crippen molar-refractivity contribution >= 4 is 5.91 Å². The number of carbonyl (C=O) groups is 1. The van der Waals surface area contributed by atoms with Crippen LogP contribution >= 0.6 is 0 Å². The molecule has 0 aliphatic rings. The Labute approximate surface area is 104 Å². The van der Waals surface area contributed by atoms with Gasteiger partial charge in [0.15, 0.2) is 0 Å².